The number of nitrogens with one attached hydrogen (secondary N) is 1. The Kier molecular flexibility index (Phi) is 5.16. The Morgan fingerprint density at radius 1 is 1.18 bits per heavy atom. The van der Waals surface area contributed by atoms with E-state index >= 15 is 0 Å². The smallest absolute Gasteiger partial charge is 0.340 e. The van der Waals surface area contributed by atoms with Gasteiger partial charge in [0, 0.05) is 4.88 Å². The fourth-order valence-electron chi connectivity index (χ4n) is 1.81. The third kappa shape index (κ3) is 4.08. The van der Waals surface area contributed by atoms with Gasteiger partial charge in [-0.1, -0.05) is 17.7 Å². The number of benzene rings is 1. The van der Waals surface area contributed by atoms with Crippen molar-refractivity contribution >= 4 is 28.2 Å². The summed E-state index contributed by atoms with van der Waals surface area (Å²) in [6.07, 6.45) is 0. The van der Waals surface area contributed by atoms with E-state index in [1.807, 2.05) is 26.0 Å². The molecule has 1 aromatic carbocycles. The summed E-state index contributed by atoms with van der Waals surface area (Å²) in [5.74, 6) is -0.178. The molecule has 0 radical (unpaired) electrons. The molecule has 116 valence electrons. The topological polar surface area (TPSA) is 64.6 Å². The van der Waals surface area contributed by atoms with Crippen LogP contribution in [0, 0.1) is 13.8 Å². The van der Waals surface area contributed by atoms with E-state index in [0.29, 0.717) is 16.3 Å². The Hall–Kier alpha value is -2.34. The molecule has 0 saturated heterocycles. The van der Waals surface area contributed by atoms with E-state index in [0.717, 1.165) is 10.4 Å². The standard InChI is InChI=1S/C16H17NO4S/c1-10-4-6-12(7-5-10)21-9-14(18)17-15-13(16(19)20-3)8-11(2)22-15/h4-8H,9H2,1-3H3,(H,17,18). The minimum Gasteiger partial charge on any atom is -0.484 e. The number of aryl methyl sites for hydroxylation is 2. The summed E-state index contributed by atoms with van der Waals surface area (Å²) < 4.78 is 10.1. The van der Waals surface area contributed by atoms with Crippen LogP contribution in [0.5, 0.6) is 5.75 Å². The number of carbonyl (C=O) groups excluding carboxylic acids is 2. The average Bonchev–Trinajstić information content (AvgIpc) is 2.86. The SMILES string of the molecule is COC(=O)c1cc(C)sc1NC(=O)COc1ccc(C)cc1. The molecule has 0 unspecified atom stereocenters. The van der Waals surface area contributed by atoms with Crippen molar-refractivity contribution in [3.05, 3.63) is 46.3 Å². The third-order valence-electron chi connectivity index (χ3n) is 2.90. The summed E-state index contributed by atoms with van der Waals surface area (Å²) in [5, 5.41) is 3.16. The predicted molar refractivity (Wildman–Crippen MR) is 85.7 cm³/mol. The van der Waals surface area contributed by atoms with Crippen molar-refractivity contribution in [3.8, 4) is 5.75 Å². The molecule has 2 rings (SSSR count). The Labute approximate surface area is 132 Å². The fourth-order valence-corrected chi connectivity index (χ4v) is 2.73. The fraction of sp³-hybridized carbons (Fsp3) is 0.250. The summed E-state index contributed by atoms with van der Waals surface area (Å²) in [4.78, 5) is 24.5. The normalized spacial score (nSPS) is 10.1. The van der Waals surface area contributed by atoms with Gasteiger partial charge in [0.15, 0.2) is 6.61 Å². The molecule has 0 bridgehead atoms. The molecule has 0 aliphatic rings. The summed E-state index contributed by atoms with van der Waals surface area (Å²) in [5.41, 5.74) is 1.47. The van der Waals surface area contributed by atoms with Crippen molar-refractivity contribution in [2.75, 3.05) is 19.0 Å². The maximum absolute atomic E-state index is 11.9. The van der Waals surface area contributed by atoms with Crippen LogP contribution in [0.3, 0.4) is 0 Å². The van der Waals surface area contributed by atoms with Crippen LogP contribution >= 0.6 is 11.3 Å². The first-order valence-electron chi connectivity index (χ1n) is 6.67. The molecule has 1 heterocycles. The van der Waals surface area contributed by atoms with Crippen molar-refractivity contribution in [1.29, 1.82) is 0 Å². The molecule has 0 spiro atoms. The van der Waals surface area contributed by atoms with Crippen LogP contribution in [0.15, 0.2) is 30.3 Å². The number of hydrogen-bond acceptors (Lipinski definition) is 5. The van der Waals surface area contributed by atoms with Crippen LogP contribution < -0.4 is 10.1 Å². The van der Waals surface area contributed by atoms with Crippen molar-refractivity contribution in [2.24, 2.45) is 0 Å². The van der Waals surface area contributed by atoms with Gasteiger partial charge in [-0.25, -0.2) is 4.79 Å². The van der Waals surface area contributed by atoms with Gasteiger partial charge >= 0.3 is 5.97 Å². The summed E-state index contributed by atoms with van der Waals surface area (Å²) >= 11 is 1.32. The lowest BCUT2D eigenvalue weighted by atomic mass is 10.2. The van der Waals surface area contributed by atoms with Gasteiger partial charge in [0.25, 0.3) is 5.91 Å². The maximum Gasteiger partial charge on any atom is 0.340 e. The molecule has 0 aliphatic carbocycles. The van der Waals surface area contributed by atoms with Crippen LogP contribution in [0.4, 0.5) is 5.00 Å². The molecule has 0 aliphatic heterocycles. The average molecular weight is 319 g/mol. The van der Waals surface area contributed by atoms with Gasteiger partial charge in [-0.05, 0) is 32.0 Å². The second-order valence-electron chi connectivity index (χ2n) is 4.74. The van der Waals surface area contributed by atoms with E-state index in [2.05, 4.69) is 5.32 Å². The van der Waals surface area contributed by atoms with Gasteiger partial charge < -0.3 is 14.8 Å². The second kappa shape index (κ2) is 7.09. The predicted octanol–water partition coefficient (Wildman–Crippen LogP) is 3.17. The largest absolute Gasteiger partial charge is 0.484 e. The Bertz CT molecular complexity index is 676. The highest BCUT2D eigenvalue weighted by Gasteiger charge is 2.17. The summed E-state index contributed by atoms with van der Waals surface area (Å²) in [7, 11) is 1.31. The Balaban J connectivity index is 1.97. The number of carbonyl (C=O) groups is 2. The van der Waals surface area contributed by atoms with Crippen LogP contribution in [-0.4, -0.2) is 25.6 Å². The number of thiophene rings is 1. The van der Waals surface area contributed by atoms with E-state index in [1.54, 1.807) is 18.2 Å². The van der Waals surface area contributed by atoms with Crippen molar-refractivity contribution < 1.29 is 19.1 Å². The molecule has 0 fully saturated rings. The zero-order chi connectivity index (χ0) is 16.1. The van der Waals surface area contributed by atoms with Crippen molar-refractivity contribution in [3.63, 3.8) is 0 Å². The lowest BCUT2D eigenvalue weighted by molar-refractivity contribution is -0.118. The number of amides is 1. The van der Waals surface area contributed by atoms with E-state index in [-0.39, 0.29) is 12.5 Å². The van der Waals surface area contributed by atoms with Gasteiger partial charge in [0.05, 0.1) is 12.7 Å². The molecule has 0 atom stereocenters. The highest BCUT2D eigenvalue weighted by molar-refractivity contribution is 7.16. The van der Waals surface area contributed by atoms with E-state index in [4.69, 9.17) is 9.47 Å². The molecule has 1 aromatic heterocycles. The molecule has 5 nitrogen and oxygen atoms in total. The third-order valence-corrected chi connectivity index (χ3v) is 3.87. The van der Waals surface area contributed by atoms with Crippen molar-refractivity contribution in [2.45, 2.75) is 13.8 Å². The molecule has 1 amide bonds. The number of methoxy groups -OCH3 is 1. The Morgan fingerprint density at radius 3 is 2.50 bits per heavy atom. The molecule has 22 heavy (non-hydrogen) atoms. The van der Waals surface area contributed by atoms with Crippen LogP contribution in [-0.2, 0) is 9.53 Å². The molecule has 2 aromatic rings. The number of ether oxygens (including phenoxy) is 2. The quantitative estimate of drug-likeness (QED) is 0.860. The van der Waals surface area contributed by atoms with E-state index in [9.17, 15) is 9.59 Å². The molecule has 1 N–H and O–H groups in total. The number of anilines is 1. The second-order valence-corrected chi connectivity index (χ2v) is 6.00. The first-order chi connectivity index (χ1) is 10.5. The maximum atomic E-state index is 11.9. The number of rotatable bonds is 5. The van der Waals surface area contributed by atoms with Crippen molar-refractivity contribution in [1.82, 2.24) is 0 Å². The van der Waals surface area contributed by atoms with Gasteiger partial charge in [-0.15, -0.1) is 11.3 Å². The first-order valence-corrected chi connectivity index (χ1v) is 7.49. The van der Waals surface area contributed by atoms with Crippen LogP contribution in [0.1, 0.15) is 20.8 Å². The minimum atomic E-state index is -0.473. The van der Waals surface area contributed by atoms with E-state index < -0.39 is 5.97 Å². The van der Waals surface area contributed by atoms with Gasteiger partial charge in [0.1, 0.15) is 10.8 Å². The first kappa shape index (κ1) is 16.0. The molecule has 6 heteroatoms. The van der Waals surface area contributed by atoms with Gasteiger partial charge in [-0.3, -0.25) is 4.79 Å². The number of esters is 1. The highest BCUT2D eigenvalue weighted by Crippen LogP contribution is 2.28. The minimum absolute atomic E-state index is 0.124. The van der Waals surface area contributed by atoms with Crippen LogP contribution in [0.25, 0.3) is 0 Å². The molecular formula is C16H17NO4S. The highest BCUT2D eigenvalue weighted by atomic mass is 32.1. The Morgan fingerprint density at radius 2 is 1.86 bits per heavy atom. The lowest BCUT2D eigenvalue weighted by Gasteiger charge is -2.07. The summed E-state index contributed by atoms with van der Waals surface area (Å²) in [6.45, 7) is 3.71. The molecular weight excluding hydrogens is 302 g/mol. The summed E-state index contributed by atoms with van der Waals surface area (Å²) in [6, 6.07) is 9.11. The zero-order valence-electron chi connectivity index (χ0n) is 12.6. The lowest BCUT2D eigenvalue weighted by Crippen LogP contribution is -2.20. The van der Waals surface area contributed by atoms with Gasteiger partial charge in [-0.2, -0.15) is 0 Å². The monoisotopic (exact) mass is 319 g/mol. The van der Waals surface area contributed by atoms with E-state index in [1.165, 1.54) is 18.4 Å². The van der Waals surface area contributed by atoms with Crippen LogP contribution in [0.2, 0.25) is 0 Å². The zero-order valence-corrected chi connectivity index (χ0v) is 13.5. The number of hydrogen-bond donors (Lipinski definition) is 1. The molecule has 0 saturated carbocycles. The van der Waals surface area contributed by atoms with Gasteiger partial charge in [0.2, 0.25) is 0 Å².